The van der Waals surface area contributed by atoms with Gasteiger partial charge in [-0.15, -0.1) is 0 Å². The monoisotopic (exact) mass is 362 g/mol. The van der Waals surface area contributed by atoms with Gasteiger partial charge in [0.2, 0.25) is 0 Å². The lowest BCUT2D eigenvalue weighted by Gasteiger charge is -2.24. The number of rotatable bonds is 4. The van der Waals surface area contributed by atoms with Crippen LogP contribution in [0.3, 0.4) is 0 Å². The fourth-order valence-electron chi connectivity index (χ4n) is 3.58. The molecule has 3 aromatic rings. The van der Waals surface area contributed by atoms with Crippen LogP contribution in [0, 0.1) is 12.7 Å². The first-order valence-corrected chi connectivity index (χ1v) is 9.38. The fraction of sp³-hybridized carbons (Fsp3) is 0.261. The number of nitrogens with zero attached hydrogens (tertiary/aromatic N) is 2. The quantitative estimate of drug-likeness (QED) is 0.600. The SMILES string of the molecule is CCc1cccc(-c2cc(F)cc([C@H]3CCON3c3cc(C)ccn3)c2)c1. The molecule has 2 aromatic carbocycles. The summed E-state index contributed by atoms with van der Waals surface area (Å²) in [4.78, 5) is 10.3. The highest BCUT2D eigenvalue weighted by atomic mass is 19.1. The summed E-state index contributed by atoms with van der Waals surface area (Å²) in [5, 5.41) is 1.81. The lowest BCUT2D eigenvalue weighted by atomic mass is 9.96. The number of hydrogen-bond donors (Lipinski definition) is 0. The normalized spacial score (nSPS) is 16.7. The second-order valence-electron chi connectivity index (χ2n) is 6.98. The van der Waals surface area contributed by atoms with Gasteiger partial charge in [-0.3, -0.25) is 4.84 Å². The average Bonchev–Trinajstić information content (AvgIpc) is 3.17. The molecule has 4 rings (SSSR count). The van der Waals surface area contributed by atoms with Crippen LogP contribution in [0.15, 0.2) is 60.8 Å². The van der Waals surface area contributed by atoms with Crippen LogP contribution in [0.4, 0.5) is 10.2 Å². The first-order valence-electron chi connectivity index (χ1n) is 9.38. The molecule has 4 heteroatoms. The van der Waals surface area contributed by atoms with Crippen LogP contribution in [-0.2, 0) is 11.3 Å². The van der Waals surface area contributed by atoms with Crippen molar-refractivity contribution in [2.75, 3.05) is 11.7 Å². The van der Waals surface area contributed by atoms with Crippen molar-refractivity contribution in [2.24, 2.45) is 0 Å². The average molecular weight is 362 g/mol. The Labute approximate surface area is 159 Å². The van der Waals surface area contributed by atoms with E-state index in [0.29, 0.717) is 6.61 Å². The Morgan fingerprint density at radius 1 is 1.11 bits per heavy atom. The molecule has 0 spiro atoms. The van der Waals surface area contributed by atoms with Crippen molar-refractivity contribution in [3.8, 4) is 11.1 Å². The summed E-state index contributed by atoms with van der Waals surface area (Å²) in [5.74, 6) is 0.532. The van der Waals surface area contributed by atoms with Crippen LogP contribution >= 0.6 is 0 Å². The van der Waals surface area contributed by atoms with Crippen molar-refractivity contribution in [1.29, 1.82) is 0 Å². The van der Waals surface area contributed by atoms with Gasteiger partial charge in [0.1, 0.15) is 5.82 Å². The number of hydroxylamine groups is 1. The summed E-state index contributed by atoms with van der Waals surface area (Å²) in [6.45, 7) is 4.74. The highest BCUT2D eigenvalue weighted by molar-refractivity contribution is 5.65. The van der Waals surface area contributed by atoms with E-state index in [9.17, 15) is 4.39 Å². The van der Waals surface area contributed by atoms with Crippen molar-refractivity contribution in [3.05, 3.63) is 83.3 Å². The minimum atomic E-state index is -0.228. The van der Waals surface area contributed by atoms with E-state index in [4.69, 9.17) is 4.84 Å². The van der Waals surface area contributed by atoms with Gasteiger partial charge in [0, 0.05) is 12.6 Å². The Kier molecular flexibility index (Phi) is 4.90. The predicted molar refractivity (Wildman–Crippen MR) is 106 cm³/mol. The highest BCUT2D eigenvalue weighted by Crippen LogP contribution is 2.36. The Morgan fingerprint density at radius 3 is 2.81 bits per heavy atom. The number of benzene rings is 2. The number of aromatic nitrogens is 1. The summed E-state index contributed by atoms with van der Waals surface area (Å²) in [6.07, 6.45) is 3.53. The van der Waals surface area contributed by atoms with Gasteiger partial charge in [-0.1, -0.05) is 31.2 Å². The van der Waals surface area contributed by atoms with Crippen LogP contribution in [0.25, 0.3) is 11.1 Å². The van der Waals surface area contributed by atoms with Crippen molar-refractivity contribution >= 4 is 5.82 Å². The molecule has 0 N–H and O–H groups in total. The standard InChI is InChI=1S/C23H23FN2O/c1-3-17-5-4-6-18(12-17)19-13-20(15-21(24)14-19)22-8-10-27-26(22)23-11-16(2)7-9-25-23/h4-7,9,11-15,22H,3,8,10H2,1-2H3/t22-/m1/s1. The van der Waals surface area contributed by atoms with Gasteiger partial charge in [0.25, 0.3) is 0 Å². The molecule has 1 aliphatic heterocycles. The molecule has 1 aliphatic rings. The largest absolute Gasteiger partial charge is 0.271 e. The number of anilines is 1. The molecule has 1 aromatic heterocycles. The summed E-state index contributed by atoms with van der Waals surface area (Å²) in [5.41, 5.74) is 5.20. The van der Waals surface area contributed by atoms with Crippen molar-refractivity contribution in [2.45, 2.75) is 32.7 Å². The first kappa shape index (κ1) is 17.7. The Balaban J connectivity index is 1.72. The molecule has 0 radical (unpaired) electrons. The lowest BCUT2D eigenvalue weighted by Crippen LogP contribution is -2.22. The Bertz CT molecular complexity index is 957. The molecule has 0 saturated carbocycles. The second-order valence-corrected chi connectivity index (χ2v) is 6.98. The zero-order chi connectivity index (χ0) is 18.8. The van der Waals surface area contributed by atoms with Crippen LogP contribution in [0.1, 0.15) is 36.1 Å². The van der Waals surface area contributed by atoms with Crippen molar-refractivity contribution in [1.82, 2.24) is 4.98 Å². The number of halogens is 1. The van der Waals surface area contributed by atoms with Gasteiger partial charge < -0.3 is 0 Å². The maximum atomic E-state index is 14.5. The van der Waals surface area contributed by atoms with E-state index < -0.39 is 0 Å². The molecular formula is C23H23FN2O. The third-order valence-electron chi connectivity index (χ3n) is 5.00. The zero-order valence-corrected chi connectivity index (χ0v) is 15.7. The molecule has 27 heavy (non-hydrogen) atoms. The summed E-state index contributed by atoms with van der Waals surface area (Å²) < 4.78 is 14.5. The first-order chi connectivity index (χ1) is 13.1. The molecule has 0 aliphatic carbocycles. The van der Waals surface area contributed by atoms with E-state index in [-0.39, 0.29) is 11.9 Å². The number of pyridine rings is 1. The van der Waals surface area contributed by atoms with E-state index in [2.05, 4.69) is 30.1 Å². The molecule has 1 atom stereocenters. The van der Waals surface area contributed by atoms with Gasteiger partial charge in [0.05, 0.1) is 12.6 Å². The van der Waals surface area contributed by atoms with Gasteiger partial charge in [-0.2, -0.15) is 0 Å². The minimum absolute atomic E-state index is 0.0527. The fourth-order valence-corrected chi connectivity index (χ4v) is 3.58. The Morgan fingerprint density at radius 2 is 2.00 bits per heavy atom. The maximum Gasteiger partial charge on any atom is 0.153 e. The molecule has 138 valence electrons. The van der Waals surface area contributed by atoms with Gasteiger partial charge in [0.15, 0.2) is 5.82 Å². The third-order valence-corrected chi connectivity index (χ3v) is 5.00. The van der Waals surface area contributed by atoms with Crippen LogP contribution < -0.4 is 5.06 Å². The van der Waals surface area contributed by atoms with Crippen molar-refractivity contribution in [3.63, 3.8) is 0 Å². The van der Waals surface area contributed by atoms with Crippen LogP contribution in [-0.4, -0.2) is 11.6 Å². The minimum Gasteiger partial charge on any atom is -0.271 e. The molecule has 1 saturated heterocycles. The molecule has 0 unspecified atom stereocenters. The van der Waals surface area contributed by atoms with E-state index in [1.807, 2.05) is 36.3 Å². The highest BCUT2D eigenvalue weighted by Gasteiger charge is 2.29. The van der Waals surface area contributed by atoms with Gasteiger partial charge in [-0.25, -0.2) is 14.4 Å². The van der Waals surface area contributed by atoms with Gasteiger partial charge in [-0.05, 0) is 71.5 Å². The molecule has 0 bridgehead atoms. The number of aryl methyl sites for hydroxylation is 2. The predicted octanol–water partition coefficient (Wildman–Crippen LogP) is 5.64. The van der Waals surface area contributed by atoms with E-state index in [1.54, 1.807) is 18.3 Å². The van der Waals surface area contributed by atoms with E-state index >= 15 is 0 Å². The topological polar surface area (TPSA) is 25.4 Å². The maximum absolute atomic E-state index is 14.5. The second kappa shape index (κ2) is 7.49. The van der Waals surface area contributed by atoms with E-state index in [0.717, 1.165) is 40.9 Å². The molecule has 1 fully saturated rings. The van der Waals surface area contributed by atoms with Crippen molar-refractivity contribution < 1.29 is 9.23 Å². The van der Waals surface area contributed by atoms with Crippen LogP contribution in [0.5, 0.6) is 0 Å². The van der Waals surface area contributed by atoms with Gasteiger partial charge >= 0.3 is 0 Å². The van der Waals surface area contributed by atoms with Crippen LogP contribution in [0.2, 0.25) is 0 Å². The lowest BCUT2D eigenvalue weighted by molar-refractivity contribution is 0.157. The summed E-state index contributed by atoms with van der Waals surface area (Å²) in [7, 11) is 0. The smallest absolute Gasteiger partial charge is 0.153 e. The molecule has 2 heterocycles. The summed E-state index contributed by atoms with van der Waals surface area (Å²) >= 11 is 0. The zero-order valence-electron chi connectivity index (χ0n) is 15.7. The number of hydrogen-bond acceptors (Lipinski definition) is 3. The molecular weight excluding hydrogens is 339 g/mol. The summed E-state index contributed by atoms with van der Waals surface area (Å²) in [6, 6.07) is 17.5. The molecule has 0 amide bonds. The molecule has 3 nitrogen and oxygen atoms in total. The van der Waals surface area contributed by atoms with E-state index in [1.165, 1.54) is 5.56 Å². The third kappa shape index (κ3) is 3.71. The Hall–Kier alpha value is -2.72.